The molecule has 2 N–H and O–H groups in total. The van der Waals surface area contributed by atoms with E-state index < -0.39 is 0 Å². The van der Waals surface area contributed by atoms with Gasteiger partial charge in [-0.3, -0.25) is 0 Å². The van der Waals surface area contributed by atoms with Gasteiger partial charge in [-0.25, -0.2) is 0 Å². The lowest BCUT2D eigenvalue weighted by molar-refractivity contribution is 0.231. The molecule has 2 heterocycles. The Kier molecular flexibility index (Phi) is 3.58. The van der Waals surface area contributed by atoms with Gasteiger partial charge in [0.15, 0.2) is 0 Å². The van der Waals surface area contributed by atoms with Crippen molar-refractivity contribution in [2.45, 2.75) is 19.8 Å². The fourth-order valence-electron chi connectivity index (χ4n) is 3.31. The predicted molar refractivity (Wildman–Crippen MR) is 80.8 cm³/mol. The van der Waals surface area contributed by atoms with E-state index in [1.807, 2.05) is 0 Å². The Balaban J connectivity index is 1.84. The molecule has 1 aliphatic rings. The average Bonchev–Trinajstić information content (AvgIpc) is 2.75. The minimum absolute atomic E-state index is 0.578. The highest BCUT2D eigenvalue weighted by Gasteiger charge is 2.18. The Bertz CT molecular complexity index is 552. The first-order valence-electron chi connectivity index (χ1n) is 7.26. The second-order valence-electron chi connectivity index (χ2n) is 5.66. The van der Waals surface area contributed by atoms with E-state index in [4.69, 9.17) is 0 Å². The van der Waals surface area contributed by atoms with Crippen LogP contribution in [0, 0.1) is 6.92 Å². The van der Waals surface area contributed by atoms with Gasteiger partial charge in [-0.15, -0.1) is 0 Å². The summed E-state index contributed by atoms with van der Waals surface area (Å²) >= 11 is 0. The van der Waals surface area contributed by atoms with Gasteiger partial charge in [0.25, 0.3) is 0 Å². The van der Waals surface area contributed by atoms with Crippen LogP contribution < -0.4 is 5.32 Å². The molecule has 0 spiro atoms. The van der Waals surface area contributed by atoms with E-state index in [-0.39, 0.29) is 0 Å². The van der Waals surface area contributed by atoms with Gasteiger partial charge in [0.2, 0.25) is 0 Å². The average molecular weight is 257 g/mol. The van der Waals surface area contributed by atoms with E-state index >= 15 is 0 Å². The van der Waals surface area contributed by atoms with Crippen LogP contribution in [0.5, 0.6) is 0 Å². The molecular weight excluding hydrogens is 234 g/mol. The standard InChI is InChI=1S/C16H23N3/c1-12(11-19-9-7-17-8-10-19)16-13(2)18-15-6-4-3-5-14(15)16/h3-6,12,17-18H,7-11H2,1-2H3. The fourth-order valence-corrected chi connectivity index (χ4v) is 3.31. The molecule has 1 unspecified atom stereocenters. The van der Waals surface area contributed by atoms with E-state index in [0.29, 0.717) is 5.92 Å². The summed E-state index contributed by atoms with van der Waals surface area (Å²) in [5.41, 5.74) is 4.08. The van der Waals surface area contributed by atoms with Crippen molar-refractivity contribution in [3.05, 3.63) is 35.5 Å². The van der Waals surface area contributed by atoms with E-state index in [2.05, 4.69) is 53.3 Å². The number of rotatable bonds is 3. The SMILES string of the molecule is Cc1[nH]c2ccccc2c1C(C)CN1CCNCC1. The number of piperazine rings is 1. The normalized spacial score (nSPS) is 18.8. The third-order valence-electron chi connectivity index (χ3n) is 4.18. The van der Waals surface area contributed by atoms with Crippen LogP contribution in [0.2, 0.25) is 0 Å². The van der Waals surface area contributed by atoms with Crippen LogP contribution in [0.4, 0.5) is 0 Å². The number of aromatic amines is 1. The minimum atomic E-state index is 0.578. The summed E-state index contributed by atoms with van der Waals surface area (Å²) < 4.78 is 0. The Morgan fingerprint density at radius 2 is 1.95 bits per heavy atom. The van der Waals surface area contributed by atoms with Crippen molar-refractivity contribution in [1.29, 1.82) is 0 Å². The number of aryl methyl sites for hydroxylation is 1. The van der Waals surface area contributed by atoms with E-state index in [1.165, 1.54) is 35.2 Å². The Morgan fingerprint density at radius 1 is 1.21 bits per heavy atom. The summed E-state index contributed by atoms with van der Waals surface area (Å²) in [4.78, 5) is 6.09. The van der Waals surface area contributed by atoms with Crippen molar-refractivity contribution in [1.82, 2.24) is 15.2 Å². The van der Waals surface area contributed by atoms with Crippen molar-refractivity contribution in [2.75, 3.05) is 32.7 Å². The molecule has 3 nitrogen and oxygen atoms in total. The Hall–Kier alpha value is -1.32. The van der Waals surface area contributed by atoms with Crippen molar-refractivity contribution in [2.24, 2.45) is 0 Å². The Labute approximate surface area is 115 Å². The van der Waals surface area contributed by atoms with Crippen LogP contribution >= 0.6 is 0 Å². The number of hydrogen-bond donors (Lipinski definition) is 2. The highest BCUT2D eigenvalue weighted by Crippen LogP contribution is 2.29. The van der Waals surface area contributed by atoms with Gasteiger partial charge in [0.05, 0.1) is 0 Å². The summed E-state index contributed by atoms with van der Waals surface area (Å²) in [6.07, 6.45) is 0. The molecule has 0 radical (unpaired) electrons. The zero-order valence-electron chi connectivity index (χ0n) is 11.9. The molecule has 3 rings (SSSR count). The number of nitrogens with one attached hydrogen (secondary N) is 2. The van der Waals surface area contributed by atoms with Gasteiger partial charge in [0.1, 0.15) is 0 Å². The predicted octanol–water partition coefficient (Wildman–Crippen LogP) is 2.49. The maximum absolute atomic E-state index is 3.51. The molecular formula is C16H23N3. The molecule has 102 valence electrons. The maximum atomic E-state index is 3.51. The van der Waals surface area contributed by atoms with Crippen LogP contribution in [0.1, 0.15) is 24.1 Å². The Morgan fingerprint density at radius 3 is 2.74 bits per heavy atom. The molecule has 0 aliphatic carbocycles. The first-order chi connectivity index (χ1) is 9.25. The topological polar surface area (TPSA) is 31.1 Å². The number of hydrogen-bond acceptors (Lipinski definition) is 2. The van der Waals surface area contributed by atoms with Gasteiger partial charge < -0.3 is 15.2 Å². The first kappa shape index (κ1) is 12.7. The molecule has 2 aromatic rings. The van der Waals surface area contributed by atoms with Gasteiger partial charge in [0, 0.05) is 49.3 Å². The molecule has 1 saturated heterocycles. The lowest BCUT2D eigenvalue weighted by Gasteiger charge is -2.29. The molecule has 1 aliphatic heterocycles. The van der Waals surface area contributed by atoms with Crippen LogP contribution in [-0.2, 0) is 0 Å². The van der Waals surface area contributed by atoms with Gasteiger partial charge in [-0.05, 0) is 24.5 Å². The van der Waals surface area contributed by atoms with Crippen LogP contribution in [0.15, 0.2) is 24.3 Å². The third kappa shape index (κ3) is 2.53. The van der Waals surface area contributed by atoms with Gasteiger partial charge in [-0.2, -0.15) is 0 Å². The molecule has 1 aromatic heterocycles. The molecule has 1 aromatic carbocycles. The highest BCUT2D eigenvalue weighted by molar-refractivity contribution is 5.85. The van der Waals surface area contributed by atoms with Gasteiger partial charge >= 0.3 is 0 Å². The molecule has 0 saturated carbocycles. The zero-order valence-corrected chi connectivity index (χ0v) is 11.9. The summed E-state index contributed by atoms with van der Waals surface area (Å²) in [6, 6.07) is 8.64. The van der Waals surface area contributed by atoms with Crippen molar-refractivity contribution >= 4 is 10.9 Å². The number of para-hydroxylation sites is 1. The summed E-state index contributed by atoms with van der Waals surface area (Å²) in [5.74, 6) is 0.578. The van der Waals surface area contributed by atoms with Crippen molar-refractivity contribution in [3.63, 3.8) is 0 Å². The number of fused-ring (bicyclic) bond motifs is 1. The monoisotopic (exact) mass is 257 g/mol. The second-order valence-corrected chi connectivity index (χ2v) is 5.66. The van der Waals surface area contributed by atoms with E-state index in [1.54, 1.807) is 0 Å². The molecule has 19 heavy (non-hydrogen) atoms. The lowest BCUT2D eigenvalue weighted by atomic mass is 9.97. The summed E-state index contributed by atoms with van der Waals surface area (Å²) in [6.45, 7) is 10.3. The minimum Gasteiger partial charge on any atom is -0.358 e. The highest BCUT2D eigenvalue weighted by atomic mass is 15.2. The number of nitrogens with zero attached hydrogens (tertiary/aromatic N) is 1. The molecule has 1 fully saturated rings. The van der Waals surface area contributed by atoms with Crippen LogP contribution in [-0.4, -0.2) is 42.6 Å². The largest absolute Gasteiger partial charge is 0.358 e. The third-order valence-corrected chi connectivity index (χ3v) is 4.18. The quantitative estimate of drug-likeness (QED) is 0.885. The van der Waals surface area contributed by atoms with Crippen molar-refractivity contribution in [3.8, 4) is 0 Å². The van der Waals surface area contributed by atoms with Crippen LogP contribution in [0.3, 0.4) is 0 Å². The van der Waals surface area contributed by atoms with Crippen LogP contribution in [0.25, 0.3) is 10.9 Å². The fraction of sp³-hybridized carbons (Fsp3) is 0.500. The zero-order chi connectivity index (χ0) is 13.2. The lowest BCUT2D eigenvalue weighted by Crippen LogP contribution is -2.44. The van der Waals surface area contributed by atoms with Crippen molar-refractivity contribution < 1.29 is 0 Å². The molecule has 3 heteroatoms. The summed E-state index contributed by atoms with van der Waals surface area (Å²) in [7, 11) is 0. The second kappa shape index (κ2) is 5.35. The first-order valence-corrected chi connectivity index (χ1v) is 7.26. The number of aromatic nitrogens is 1. The number of benzene rings is 1. The van der Waals surface area contributed by atoms with Gasteiger partial charge in [-0.1, -0.05) is 25.1 Å². The molecule has 1 atom stereocenters. The van der Waals surface area contributed by atoms with E-state index in [9.17, 15) is 0 Å². The molecule has 0 bridgehead atoms. The summed E-state index contributed by atoms with van der Waals surface area (Å²) in [5, 5.41) is 4.81. The maximum Gasteiger partial charge on any atom is 0.0458 e. The van der Waals surface area contributed by atoms with E-state index in [0.717, 1.165) is 19.6 Å². The number of H-pyrrole nitrogens is 1. The molecule has 0 amide bonds. The smallest absolute Gasteiger partial charge is 0.0458 e.